The van der Waals surface area contributed by atoms with Crippen LogP contribution < -0.4 is 14.8 Å². The van der Waals surface area contributed by atoms with Crippen LogP contribution in [0.1, 0.15) is 18.1 Å². The summed E-state index contributed by atoms with van der Waals surface area (Å²) in [6, 6.07) is 11.2. The second kappa shape index (κ2) is 8.63. The average Bonchev–Trinajstić information content (AvgIpc) is 3.14. The standard InChI is InChI=1S/C21H21ClN2O3S/c1-12-9-17(10-13(2)19(12)22)27-14(3)20(25)24-21-23-18(11-28-21)15-5-7-16(26-4)8-6-15/h5-11,14H,1-4H3,(H,23,24,25). The van der Waals surface area contributed by atoms with Gasteiger partial charge in [0.2, 0.25) is 0 Å². The molecule has 2 aromatic carbocycles. The van der Waals surface area contributed by atoms with Crippen molar-refractivity contribution in [3.63, 3.8) is 0 Å². The summed E-state index contributed by atoms with van der Waals surface area (Å²) in [6.45, 7) is 5.51. The number of halogens is 1. The molecule has 3 rings (SSSR count). The van der Waals surface area contributed by atoms with E-state index in [0.717, 1.165) is 28.1 Å². The SMILES string of the molecule is COc1ccc(-c2csc(NC(=O)C(C)Oc3cc(C)c(Cl)c(C)c3)n2)cc1. The fraction of sp³-hybridized carbons (Fsp3) is 0.238. The molecule has 0 spiro atoms. The van der Waals surface area contributed by atoms with Gasteiger partial charge in [0.15, 0.2) is 11.2 Å². The minimum absolute atomic E-state index is 0.263. The Hall–Kier alpha value is -2.57. The first-order valence-corrected chi connectivity index (χ1v) is 9.97. The van der Waals surface area contributed by atoms with Crippen LogP contribution in [0.5, 0.6) is 11.5 Å². The Kier molecular flexibility index (Phi) is 6.21. The van der Waals surface area contributed by atoms with Crippen LogP contribution >= 0.6 is 22.9 Å². The van der Waals surface area contributed by atoms with E-state index in [1.807, 2.05) is 55.6 Å². The molecular formula is C21H21ClN2O3S. The third-order valence-corrected chi connectivity index (χ3v) is 5.57. The molecule has 146 valence electrons. The van der Waals surface area contributed by atoms with E-state index in [0.29, 0.717) is 15.9 Å². The fourth-order valence-electron chi connectivity index (χ4n) is 2.66. The fourth-order valence-corrected chi connectivity index (χ4v) is 3.50. The molecule has 28 heavy (non-hydrogen) atoms. The van der Waals surface area contributed by atoms with Gasteiger partial charge in [-0.1, -0.05) is 11.6 Å². The number of nitrogens with one attached hydrogen (secondary N) is 1. The van der Waals surface area contributed by atoms with Crippen molar-refractivity contribution in [2.45, 2.75) is 26.9 Å². The lowest BCUT2D eigenvalue weighted by Crippen LogP contribution is -2.30. The number of carbonyl (C=O) groups is 1. The van der Waals surface area contributed by atoms with Gasteiger partial charge in [-0.25, -0.2) is 4.98 Å². The highest BCUT2D eigenvalue weighted by Crippen LogP contribution is 2.28. The van der Waals surface area contributed by atoms with Crippen LogP contribution in [0.4, 0.5) is 5.13 Å². The van der Waals surface area contributed by atoms with Crippen LogP contribution in [-0.4, -0.2) is 24.1 Å². The van der Waals surface area contributed by atoms with Gasteiger partial charge in [0.25, 0.3) is 5.91 Å². The largest absolute Gasteiger partial charge is 0.497 e. The Bertz CT molecular complexity index is 963. The number of methoxy groups -OCH3 is 1. The van der Waals surface area contributed by atoms with Gasteiger partial charge >= 0.3 is 0 Å². The number of ether oxygens (including phenoxy) is 2. The van der Waals surface area contributed by atoms with Gasteiger partial charge in [0, 0.05) is 16.0 Å². The van der Waals surface area contributed by atoms with E-state index < -0.39 is 6.10 Å². The molecular weight excluding hydrogens is 396 g/mol. The average molecular weight is 417 g/mol. The van der Waals surface area contributed by atoms with Crippen molar-refractivity contribution in [2.24, 2.45) is 0 Å². The van der Waals surface area contributed by atoms with Crippen LogP contribution in [0.15, 0.2) is 41.8 Å². The molecule has 1 aromatic heterocycles. The summed E-state index contributed by atoms with van der Waals surface area (Å²) in [5.41, 5.74) is 3.57. The summed E-state index contributed by atoms with van der Waals surface area (Å²) < 4.78 is 10.9. The van der Waals surface area contributed by atoms with E-state index in [9.17, 15) is 4.79 Å². The maximum Gasteiger partial charge on any atom is 0.266 e. The van der Waals surface area contributed by atoms with Crippen LogP contribution in [0, 0.1) is 13.8 Å². The van der Waals surface area contributed by atoms with Crippen molar-refractivity contribution in [1.82, 2.24) is 4.98 Å². The molecule has 0 fully saturated rings. The Morgan fingerprint density at radius 1 is 1.14 bits per heavy atom. The summed E-state index contributed by atoms with van der Waals surface area (Å²) in [6.07, 6.45) is -0.673. The summed E-state index contributed by atoms with van der Waals surface area (Å²) in [7, 11) is 1.63. The Morgan fingerprint density at radius 2 is 1.79 bits per heavy atom. The molecule has 1 atom stereocenters. The number of benzene rings is 2. The van der Waals surface area contributed by atoms with Crippen molar-refractivity contribution < 1.29 is 14.3 Å². The minimum atomic E-state index is -0.673. The molecule has 0 radical (unpaired) electrons. The Labute approximate surface area is 173 Å². The van der Waals surface area contributed by atoms with Crippen LogP contribution in [0.3, 0.4) is 0 Å². The molecule has 0 aliphatic heterocycles. The normalized spacial score (nSPS) is 11.8. The summed E-state index contributed by atoms with van der Waals surface area (Å²) in [4.78, 5) is 16.9. The van der Waals surface area contributed by atoms with E-state index >= 15 is 0 Å². The maximum atomic E-state index is 12.5. The number of aryl methyl sites for hydroxylation is 2. The number of aromatic nitrogens is 1. The molecule has 7 heteroatoms. The van der Waals surface area contributed by atoms with E-state index in [4.69, 9.17) is 21.1 Å². The number of amides is 1. The number of thiazole rings is 1. The van der Waals surface area contributed by atoms with Gasteiger partial charge in [0.05, 0.1) is 12.8 Å². The zero-order valence-electron chi connectivity index (χ0n) is 16.1. The first-order chi connectivity index (χ1) is 13.4. The number of hydrogen-bond acceptors (Lipinski definition) is 5. The van der Waals surface area contributed by atoms with Gasteiger partial charge in [-0.2, -0.15) is 0 Å². The lowest BCUT2D eigenvalue weighted by Gasteiger charge is -2.15. The molecule has 1 unspecified atom stereocenters. The molecule has 0 bridgehead atoms. The highest BCUT2D eigenvalue weighted by atomic mass is 35.5. The Balaban J connectivity index is 1.65. The molecule has 0 saturated carbocycles. The zero-order valence-corrected chi connectivity index (χ0v) is 17.6. The van der Waals surface area contributed by atoms with Crippen LogP contribution in [0.2, 0.25) is 5.02 Å². The van der Waals surface area contributed by atoms with E-state index in [-0.39, 0.29) is 5.91 Å². The number of carbonyl (C=O) groups excluding carboxylic acids is 1. The number of rotatable bonds is 6. The smallest absolute Gasteiger partial charge is 0.266 e. The van der Waals surface area contributed by atoms with E-state index in [1.165, 1.54) is 11.3 Å². The van der Waals surface area contributed by atoms with Crippen molar-refractivity contribution in [2.75, 3.05) is 12.4 Å². The predicted octanol–water partition coefficient (Wildman–Crippen LogP) is 5.49. The topological polar surface area (TPSA) is 60.5 Å². The highest BCUT2D eigenvalue weighted by Gasteiger charge is 2.17. The quantitative estimate of drug-likeness (QED) is 0.576. The molecule has 0 saturated heterocycles. The number of nitrogens with zero attached hydrogens (tertiary/aromatic N) is 1. The monoisotopic (exact) mass is 416 g/mol. The summed E-state index contributed by atoms with van der Waals surface area (Å²) >= 11 is 7.54. The van der Waals surface area contributed by atoms with Gasteiger partial charge in [-0.15, -0.1) is 11.3 Å². The van der Waals surface area contributed by atoms with Crippen molar-refractivity contribution in [3.8, 4) is 22.8 Å². The van der Waals surface area contributed by atoms with Crippen molar-refractivity contribution >= 4 is 34.0 Å². The van der Waals surface area contributed by atoms with Crippen molar-refractivity contribution in [3.05, 3.63) is 57.9 Å². The summed E-state index contributed by atoms with van der Waals surface area (Å²) in [5.74, 6) is 1.13. The second-order valence-electron chi connectivity index (χ2n) is 6.39. The lowest BCUT2D eigenvalue weighted by molar-refractivity contribution is -0.122. The van der Waals surface area contributed by atoms with Gasteiger partial charge < -0.3 is 9.47 Å². The molecule has 0 aliphatic carbocycles. The van der Waals surface area contributed by atoms with E-state index in [1.54, 1.807) is 14.0 Å². The maximum absolute atomic E-state index is 12.5. The minimum Gasteiger partial charge on any atom is -0.497 e. The molecule has 0 aliphatic rings. The zero-order chi connectivity index (χ0) is 20.3. The van der Waals surface area contributed by atoms with Crippen LogP contribution in [-0.2, 0) is 4.79 Å². The number of anilines is 1. The number of hydrogen-bond donors (Lipinski definition) is 1. The van der Waals surface area contributed by atoms with Gasteiger partial charge in [0.1, 0.15) is 11.5 Å². The summed E-state index contributed by atoms with van der Waals surface area (Å²) in [5, 5.41) is 5.94. The first kappa shape index (κ1) is 20.2. The molecule has 1 N–H and O–H groups in total. The Morgan fingerprint density at radius 3 is 2.39 bits per heavy atom. The molecule has 5 nitrogen and oxygen atoms in total. The predicted molar refractivity (Wildman–Crippen MR) is 114 cm³/mol. The third-order valence-electron chi connectivity index (χ3n) is 4.21. The van der Waals surface area contributed by atoms with Gasteiger partial charge in [-0.3, -0.25) is 10.1 Å². The van der Waals surface area contributed by atoms with Gasteiger partial charge in [-0.05, 0) is 68.3 Å². The highest BCUT2D eigenvalue weighted by molar-refractivity contribution is 7.14. The molecule has 1 heterocycles. The second-order valence-corrected chi connectivity index (χ2v) is 7.62. The van der Waals surface area contributed by atoms with E-state index in [2.05, 4.69) is 10.3 Å². The molecule has 3 aromatic rings. The first-order valence-electron chi connectivity index (χ1n) is 8.71. The van der Waals surface area contributed by atoms with Crippen LogP contribution in [0.25, 0.3) is 11.3 Å². The molecule has 1 amide bonds. The van der Waals surface area contributed by atoms with Crippen molar-refractivity contribution in [1.29, 1.82) is 0 Å². The lowest BCUT2D eigenvalue weighted by atomic mass is 10.1. The third kappa shape index (κ3) is 4.64.